The number of anilines is 1. The smallest absolute Gasteiger partial charge is 0.129 e. The van der Waals surface area contributed by atoms with Crippen molar-refractivity contribution in [1.29, 1.82) is 0 Å². The third-order valence-electron chi connectivity index (χ3n) is 2.34. The molecule has 64 valence electrons. The summed E-state index contributed by atoms with van der Waals surface area (Å²) in [5.74, 6) is 1.11. The fourth-order valence-corrected chi connectivity index (χ4v) is 1.77. The Labute approximate surface area is 73.0 Å². The van der Waals surface area contributed by atoms with Crippen LogP contribution in [0.25, 0.3) is 0 Å². The molecule has 2 rings (SSSR count). The third-order valence-corrected chi connectivity index (χ3v) is 2.34. The van der Waals surface area contributed by atoms with Crippen LogP contribution < -0.4 is 5.32 Å². The van der Waals surface area contributed by atoms with Crippen molar-refractivity contribution in [2.75, 3.05) is 11.9 Å². The molecule has 0 unspecified atom stereocenters. The SMILES string of the molecule is CCCc1ccnc2c1CCN2. The number of nitrogens with one attached hydrogen (secondary N) is 1. The quantitative estimate of drug-likeness (QED) is 0.719. The zero-order valence-electron chi connectivity index (χ0n) is 7.43. The molecule has 0 amide bonds. The Morgan fingerprint density at radius 1 is 1.58 bits per heavy atom. The van der Waals surface area contributed by atoms with Crippen LogP contribution in [0.15, 0.2) is 12.3 Å². The lowest BCUT2D eigenvalue weighted by Crippen LogP contribution is -1.93. The van der Waals surface area contributed by atoms with Crippen LogP contribution in [0, 0.1) is 0 Å². The molecular weight excluding hydrogens is 148 g/mol. The highest BCUT2D eigenvalue weighted by molar-refractivity contribution is 5.52. The Hall–Kier alpha value is -1.05. The molecule has 0 saturated carbocycles. The van der Waals surface area contributed by atoms with Crippen molar-refractivity contribution >= 4 is 5.82 Å². The molecule has 2 heteroatoms. The minimum atomic E-state index is 1.06. The van der Waals surface area contributed by atoms with Crippen molar-refractivity contribution in [3.8, 4) is 0 Å². The summed E-state index contributed by atoms with van der Waals surface area (Å²) in [6, 6.07) is 2.15. The predicted octanol–water partition coefficient (Wildman–Crippen LogP) is 2.00. The monoisotopic (exact) mass is 162 g/mol. The normalized spacial score (nSPS) is 14.1. The van der Waals surface area contributed by atoms with Gasteiger partial charge in [-0.15, -0.1) is 0 Å². The number of nitrogens with zero attached hydrogens (tertiary/aromatic N) is 1. The van der Waals surface area contributed by atoms with Gasteiger partial charge in [-0.3, -0.25) is 0 Å². The van der Waals surface area contributed by atoms with Crippen molar-refractivity contribution in [2.24, 2.45) is 0 Å². The summed E-state index contributed by atoms with van der Waals surface area (Å²) in [4.78, 5) is 4.29. The van der Waals surface area contributed by atoms with E-state index < -0.39 is 0 Å². The highest BCUT2D eigenvalue weighted by atomic mass is 15.0. The molecule has 1 aromatic heterocycles. The highest BCUT2D eigenvalue weighted by Crippen LogP contribution is 2.23. The zero-order valence-corrected chi connectivity index (χ0v) is 7.43. The number of aromatic nitrogens is 1. The molecule has 0 saturated heterocycles. The Balaban J connectivity index is 2.36. The van der Waals surface area contributed by atoms with Crippen LogP contribution in [-0.2, 0) is 12.8 Å². The van der Waals surface area contributed by atoms with Crippen molar-refractivity contribution in [3.05, 3.63) is 23.4 Å². The van der Waals surface area contributed by atoms with Crippen LogP contribution in [0.4, 0.5) is 5.82 Å². The van der Waals surface area contributed by atoms with E-state index in [9.17, 15) is 0 Å². The van der Waals surface area contributed by atoms with Gasteiger partial charge in [0.1, 0.15) is 5.82 Å². The average molecular weight is 162 g/mol. The molecule has 2 heterocycles. The van der Waals surface area contributed by atoms with Crippen LogP contribution in [0.1, 0.15) is 24.5 Å². The first kappa shape index (κ1) is 7.59. The van der Waals surface area contributed by atoms with Crippen molar-refractivity contribution in [3.63, 3.8) is 0 Å². The van der Waals surface area contributed by atoms with Crippen molar-refractivity contribution < 1.29 is 0 Å². The number of pyridine rings is 1. The van der Waals surface area contributed by atoms with E-state index in [0.717, 1.165) is 18.8 Å². The van der Waals surface area contributed by atoms with Gasteiger partial charge in [0.25, 0.3) is 0 Å². The van der Waals surface area contributed by atoms with Gasteiger partial charge in [0.05, 0.1) is 0 Å². The van der Waals surface area contributed by atoms with E-state index >= 15 is 0 Å². The lowest BCUT2D eigenvalue weighted by molar-refractivity contribution is 0.901. The minimum absolute atomic E-state index is 1.06. The molecule has 0 spiro atoms. The van der Waals surface area contributed by atoms with Crippen LogP contribution >= 0.6 is 0 Å². The summed E-state index contributed by atoms with van der Waals surface area (Å²) in [6.45, 7) is 3.28. The summed E-state index contributed by atoms with van der Waals surface area (Å²) in [6.07, 6.45) is 5.46. The standard InChI is InChI=1S/C10H14N2/c1-2-3-8-4-6-11-10-9(8)5-7-12-10/h4,6H,2-3,5,7H2,1H3,(H,11,12). The van der Waals surface area contributed by atoms with E-state index in [4.69, 9.17) is 0 Å². The first-order valence-corrected chi connectivity index (χ1v) is 4.62. The lowest BCUT2D eigenvalue weighted by atomic mass is 10.0. The van der Waals surface area contributed by atoms with Gasteiger partial charge in [-0.05, 0) is 30.0 Å². The van der Waals surface area contributed by atoms with Gasteiger partial charge in [-0.2, -0.15) is 0 Å². The number of hydrogen-bond donors (Lipinski definition) is 1. The fourth-order valence-electron chi connectivity index (χ4n) is 1.77. The summed E-state index contributed by atoms with van der Waals surface area (Å²) >= 11 is 0. The molecule has 0 aliphatic carbocycles. The predicted molar refractivity (Wildman–Crippen MR) is 50.4 cm³/mol. The maximum absolute atomic E-state index is 4.29. The Bertz CT molecular complexity index is 281. The Morgan fingerprint density at radius 2 is 2.50 bits per heavy atom. The van der Waals surface area contributed by atoms with Gasteiger partial charge in [0, 0.05) is 12.7 Å². The number of hydrogen-bond acceptors (Lipinski definition) is 2. The van der Waals surface area contributed by atoms with Crippen LogP contribution in [0.5, 0.6) is 0 Å². The molecule has 1 aliphatic rings. The molecule has 0 aromatic carbocycles. The summed E-state index contributed by atoms with van der Waals surface area (Å²) < 4.78 is 0. The van der Waals surface area contributed by atoms with Crippen molar-refractivity contribution in [1.82, 2.24) is 4.98 Å². The third kappa shape index (κ3) is 1.17. The molecule has 1 aromatic rings. The second-order valence-corrected chi connectivity index (χ2v) is 3.22. The second kappa shape index (κ2) is 3.13. The minimum Gasteiger partial charge on any atom is -0.370 e. The van der Waals surface area contributed by atoms with Gasteiger partial charge in [-0.1, -0.05) is 13.3 Å². The van der Waals surface area contributed by atoms with E-state index in [2.05, 4.69) is 23.3 Å². The topological polar surface area (TPSA) is 24.9 Å². The molecule has 0 fully saturated rings. The number of rotatable bonds is 2. The van der Waals surface area contributed by atoms with E-state index in [1.165, 1.54) is 24.0 Å². The first-order valence-electron chi connectivity index (χ1n) is 4.62. The maximum Gasteiger partial charge on any atom is 0.129 e. The van der Waals surface area contributed by atoms with Gasteiger partial charge in [0.15, 0.2) is 0 Å². The summed E-state index contributed by atoms with van der Waals surface area (Å²) in [5.41, 5.74) is 2.92. The van der Waals surface area contributed by atoms with Crippen LogP contribution in [0.3, 0.4) is 0 Å². The van der Waals surface area contributed by atoms with Gasteiger partial charge in [-0.25, -0.2) is 4.98 Å². The molecule has 1 N–H and O–H groups in total. The van der Waals surface area contributed by atoms with Crippen LogP contribution in [-0.4, -0.2) is 11.5 Å². The van der Waals surface area contributed by atoms with E-state index in [-0.39, 0.29) is 0 Å². The number of aryl methyl sites for hydroxylation is 1. The van der Waals surface area contributed by atoms with Crippen molar-refractivity contribution in [2.45, 2.75) is 26.2 Å². The molecule has 2 nitrogen and oxygen atoms in total. The van der Waals surface area contributed by atoms with E-state index in [0.29, 0.717) is 0 Å². The molecule has 0 atom stereocenters. The fraction of sp³-hybridized carbons (Fsp3) is 0.500. The molecule has 12 heavy (non-hydrogen) atoms. The Kier molecular flexibility index (Phi) is 1.98. The van der Waals surface area contributed by atoms with Gasteiger partial charge in [0.2, 0.25) is 0 Å². The summed E-state index contributed by atoms with van der Waals surface area (Å²) in [7, 11) is 0. The molecular formula is C10H14N2. The average Bonchev–Trinajstić information content (AvgIpc) is 2.53. The largest absolute Gasteiger partial charge is 0.370 e. The summed E-state index contributed by atoms with van der Waals surface area (Å²) in [5, 5.41) is 3.29. The highest BCUT2D eigenvalue weighted by Gasteiger charge is 2.13. The zero-order chi connectivity index (χ0) is 8.39. The molecule has 0 radical (unpaired) electrons. The molecule has 0 bridgehead atoms. The van der Waals surface area contributed by atoms with Gasteiger partial charge >= 0.3 is 0 Å². The molecule has 1 aliphatic heterocycles. The maximum atomic E-state index is 4.29. The number of fused-ring (bicyclic) bond motifs is 1. The van der Waals surface area contributed by atoms with E-state index in [1.807, 2.05) is 6.20 Å². The van der Waals surface area contributed by atoms with Crippen LogP contribution in [0.2, 0.25) is 0 Å². The first-order chi connectivity index (χ1) is 5.92. The lowest BCUT2D eigenvalue weighted by Gasteiger charge is -2.04. The second-order valence-electron chi connectivity index (χ2n) is 3.22. The van der Waals surface area contributed by atoms with E-state index in [1.54, 1.807) is 0 Å². The Morgan fingerprint density at radius 3 is 3.33 bits per heavy atom. The van der Waals surface area contributed by atoms with Gasteiger partial charge < -0.3 is 5.32 Å².